The molecule has 2 atom stereocenters. The molecular formula is C19H23ClN2O5. The fraction of sp³-hybridized carbons (Fsp3) is 0.526. The molecule has 1 aromatic carbocycles. The first-order valence-corrected chi connectivity index (χ1v) is 9.58. The van der Waals surface area contributed by atoms with Gasteiger partial charge in [0.15, 0.2) is 6.10 Å². The van der Waals surface area contributed by atoms with E-state index >= 15 is 0 Å². The van der Waals surface area contributed by atoms with E-state index in [1.54, 1.807) is 23.1 Å². The first-order chi connectivity index (χ1) is 12.9. The molecule has 0 radical (unpaired) electrons. The summed E-state index contributed by atoms with van der Waals surface area (Å²) in [5.41, 5.74) is 0.488. The molecule has 2 aliphatic rings. The second-order valence-corrected chi connectivity index (χ2v) is 7.33. The Morgan fingerprint density at radius 2 is 2.04 bits per heavy atom. The first-order valence-electron chi connectivity index (χ1n) is 9.20. The van der Waals surface area contributed by atoms with Crippen LogP contribution in [0.5, 0.6) is 5.75 Å². The zero-order valence-electron chi connectivity index (χ0n) is 15.1. The van der Waals surface area contributed by atoms with Crippen molar-refractivity contribution in [2.75, 3.05) is 6.54 Å². The van der Waals surface area contributed by atoms with Crippen LogP contribution in [0.15, 0.2) is 18.2 Å². The Balaban J connectivity index is 2.09. The number of halogens is 1. The van der Waals surface area contributed by atoms with E-state index in [0.29, 0.717) is 22.8 Å². The van der Waals surface area contributed by atoms with E-state index < -0.39 is 30.6 Å². The minimum absolute atomic E-state index is 0.0827. The van der Waals surface area contributed by atoms with Gasteiger partial charge in [0.05, 0.1) is 0 Å². The molecule has 1 aliphatic carbocycles. The first kappa shape index (κ1) is 19.5. The van der Waals surface area contributed by atoms with Crippen molar-refractivity contribution in [2.24, 2.45) is 0 Å². The molecule has 2 N–H and O–H groups in total. The molecule has 1 fully saturated rings. The van der Waals surface area contributed by atoms with Gasteiger partial charge in [-0.05, 0) is 37.5 Å². The number of benzene rings is 1. The third kappa shape index (κ3) is 4.03. The Morgan fingerprint density at radius 1 is 1.33 bits per heavy atom. The van der Waals surface area contributed by atoms with Crippen molar-refractivity contribution >= 4 is 29.4 Å². The van der Waals surface area contributed by atoms with Crippen LogP contribution in [0.1, 0.15) is 50.6 Å². The second-order valence-electron chi connectivity index (χ2n) is 6.89. The molecular weight excluding hydrogens is 372 g/mol. The summed E-state index contributed by atoms with van der Waals surface area (Å²) in [6, 6.07) is 3.87. The van der Waals surface area contributed by atoms with Crippen molar-refractivity contribution in [2.45, 2.75) is 57.2 Å². The van der Waals surface area contributed by atoms with Crippen LogP contribution in [-0.2, 0) is 14.4 Å². The van der Waals surface area contributed by atoms with E-state index in [4.69, 9.17) is 21.4 Å². The number of carboxylic acid groups (broad SMARTS) is 1. The monoisotopic (exact) mass is 394 g/mol. The van der Waals surface area contributed by atoms with Crippen molar-refractivity contribution in [3.05, 3.63) is 28.8 Å². The van der Waals surface area contributed by atoms with Gasteiger partial charge in [-0.1, -0.05) is 31.4 Å². The Morgan fingerprint density at radius 3 is 2.67 bits per heavy atom. The van der Waals surface area contributed by atoms with E-state index in [9.17, 15) is 14.4 Å². The molecule has 0 aromatic heterocycles. The second kappa shape index (κ2) is 8.17. The molecule has 0 bridgehead atoms. The van der Waals surface area contributed by atoms with Crippen molar-refractivity contribution in [3.63, 3.8) is 0 Å². The summed E-state index contributed by atoms with van der Waals surface area (Å²) in [4.78, 5) is 38.7. The molecule has 1 heterocycles. The quantitative estimate of drug-likeness (QED) is 0.800. The molecule has 2 amide bonds. The van der Waals surface area contributed by atoms with Crippen molar-refractivity contribution in [1.29, 1.82) is 0 Å². The number of hydrogen-bond donors (Lipinski definition) is 2. The van der Waals surface area contributed by atoms with Crippen LogP contribution in [0.4, 0.5) is 0 Å². The number of carboxylic acids is 1. The molecule has 1 saturated carbocycles. The smallest absolute Gasteiger partial charge is 0.322 e. The van der Waals surface area contributed by atoms with E-state index in [-0.39, 0.29) is 11.9 Å². The number of fused-ring (bicyclic) bond motifs is 1. The average molecular weight is 395 g/mol. The lowest BCUT2D eigenvalue weighted by molar-refractivity contribution is -0.148. The topological polar surface area (TPSA) is 95.9 Å². The number of nitrogens with one attached hydrogen (secondary N) is 1. The molecule has 146 valence electrons. The summed E-state index contributed by atoms with van der Waals surface area (Å²) >= 11 is 6.16. The maximum Gasteiger partial charge on any atom is 0.322 e. The predicted molar refractivity (Wildman–Crippen MR) is 98.6 cm³/mol. The minimum atomic E-state index is -1.15. The van der Waals surface area contributed by atoms with Gasteiger partial charge in [0.1, 0.15) is 18.3 Å². The summed E-state index contributed by atoms with van der Waals surface area (Å²) in [5.74, 6) is -1.51. The van der Waals surface area contributed by atoms with Gasteiger partial charge in [0, 0.05) is 16.6 Å². The fourth-order valence-electron chi connectivity index (χ4n) is 3.85. The lowest BCUT2D eigenvalue weighted by atomic mass is 10.00. The molecule has 0 spiro atoms. The minimum Gasteiger partial charge on any atom is -0.480 e. The fourth-order valence-corrected chi connectivity index (χ4v) is 4.03. The van der Waals surface area contributed by atoms with Gasteiger partial charge < -0.3 is 20.1 Å². The highest BCUT2D eigenvalue weighted by Gasteiger charge is 2.44. The summed E-state index contributed by atoms with van der Waals surface area (Å²) in [6.07, 6.45) is 3.35. The third-order valence-electron chi connectivity index (χ3n) is 5.09. The molecule has 27 heavy (non-hydrogen) atoms. The molecule has 1 aliphatic heterocycles. The lowest BCUT2D eigenvalue weighted by Crippen LogP contribution is -2.51. The summed E-state index contributed by atoms with van der Waals surface area (Å²) < 4.78 is 5.92. The Bertz CT molecular complexity index is 748. The van der Waals surface area contributed by atoms with Crippen molar-refractivity contribution < 1.29 is 24.2 Å². The summed E-state index contributed by atoms with van der Waals surface area (Å²) in [6.45, 7) is 1.34. The van der Waals surface area contributed by atoms with Gasteiger partial charge in [-0.3, -0.25) is 14.4 Å². The molecule has 1 aromatic rings. The van der Waals surface area contributed by atoms with Crippen LogP contribution in [-0.4, -0.2) is 46.5 Å². The van der Waals surface area contributed by atoms with Gasteiger partial charge in [-0.2, -0.15) is 0 Å². The number of hydrogen-bond acceptors (Lipinski definition) is 4. The molecule has 7 nitrogen and oxygen atoms in total. The number of carbonyl (C=O) groups excluding carboxylic acids is 2. The van der Waals surface area contributed by atoms with Crippen LogP contribution in [0.2, 0.25) is 5.02 Å². The van der Waals surface area contributed by atoms with Crippen LogP contribution in [0, 0.1) is 0 Å². The maximum atomic E-state index is 13.2. The maximum absolute atomic E-state index is 13.2. The average Bonchev–Trinajstić information content (AvgIpc) is 3.13. The highest BCUT2D eigenvalue weighted by molar-refractivity contribution is 6.30. The molecule has 0 saturated heterocycles. The van der Waals surface area contributed by atoms with Crippen LogP contribution < -0.4 is 10.1 Å². The van der Waals surface area contributed by atoms with Crippen molar-refractivity contribution in [1.82, 2.24) is 10.2 Å². The third-order valence-corrected chi connectivity index (χ3v) is 5.33. The number of carbonyl (C=O) groups is 3. The van der Waals surface area contributed by atoms with Crippen LogP contribution >= 0.6 is 11.6 Å². The highest BCUT2D eigenvalue weighted by atomic mass is 35.5. The van der Waals surface area contributed by atoms with Gasteiger partial charge in [0.2, 0.25) is 5.91 Å². The number of nitrogens with zero attached hydrogens (tertiary/aromatic N) is 1. The van der Waals surface area contributed by atoms with E-state index in [1.807, 2.05) is 6.92 Å². The van der Waals surface area contributed by atoms with Crippen molar-refractivity contribution in [3.8, 4) is 5.75 Å². The largest absolute Gasteiger partial charge is 0.480 e. The Hall–Kier alpha value is -2.28. The molecule has 2 unspecified atom stereocenters. The SMILES string of the molecule is CCC1Oc2ccc(Cl)cc2C(C(=O)NCC(=O)O)N(C2CCCC2)C1=O. The number of rotatable bonds is 5. The zero-order valence-corrected chi connectivity index (χ0v) is 15.9. The van der Waals surface area contributed by atoms with E-state index in [1.165, 1.54) is 0 Å². The Kier molecular flexibility index (Phi) is 5.89. The molecule has 8 heteroatoms. The molecule has 3 rings (SSSR count). The summed E-state index contributed by atoms with van der Waals surface area (Å²) in [7, 11) is 0. The van der Waals surface area contributed by atoms with Crippen LogP contribution in [0.25, 0.3) is 0 Å². The van der Waals surface area contributed by atoms with Gasteiger partial charge in [-0.15, -0.1) is 0 Å². The van der Waals surface area contributed by atoms with Gasteiger partial charge >= 0.3 is 5.97 Å². The highest BCUT2D eigenvalue weighted by Crippen LogP contribution is 2.40. The van der Waals surface area contributed by atoms with Crippen LogP contribution in [0.3, 0.4) is 0 Å². The normalized spacial score (nSPS) is 22.7. The summed E-state index contributed by atoms with van der Waals surface area (Å²) in [5, 5.41) is 11.8. The van der Waals surface area contributed by atoms with Gasteiger partial charge in [-0.25, -0.2) is 0 Å². The Labute approximate surface area is 162 Å². The number of aliphatic carboxylic acids is 1. The van der Waals surface area contributed by atoms with Gasteiger partial charge in [0.25, 0.3) is 5.91 Å². The van der Waals surface area contributed by atoms with E-state index in [2.05, 4.69) is 5.32 Å². The lowest BCUT2D eigenvalue weighted by Gasteiger charge is -2.35. The zero-order chi connectivity index (χ0) is 19.6. The number of amides is 2. The predicted octanol–water partition coefficient (Wildman–Crippen LogP) is 2.52. The number of ether oxygens (including phenoxy) is 1. The van der Waals surface area contributed by atoms with E-state index in [0.717, 1.165) is 25.7 Å². The standard InChI is InChI=1S/C19H23ClN2O5/c1-2-14-19(26)22(12-5-3-4-6-12)17(18(25)21-10-16(23)24)13-9-11(20)7-8-15(13)27-14/h7-9,12,14,17H,2-6,10H2,1H3,(H,21,25)(H,23,24).